The molecule has 0 saturated heterocycles. The van der Waals surface area contributed by atoms with Gasteiger partial charge in [0.25, 0.3) is 5.91 Å². The number of aryl methyl sites for hydroxylation is 2. The summed E-state index contributed by atoms with van der Waals surface area (Å²) >= 11 is 0. The predicted octanol–water partition coefficient (Wildman–Crippen LogP) is 3.54. The van der Waals surface area contributed by atoms with Crippen molar-refractivity contribution in [3.8, 4) is 5.75 Å². The van der Waals surface area contributed by atoms with E-state index in [0.717, 1.165) is 43.1 Å². The van der Waals surface area contributed by atoms with Crippen molar-refractivity contribution in [2.24, 2.45) is 0 Å². The number of anilines is 1. The number of rotatable bonds is 6. The number of carbonyl (C=O) groups is 1. The van der Waals surface area contributed by atoms with E-state index in [9.17, 15) is 4.79 Å². The molecular weight excluding hydrogens is 364 g/mol. The molecule has 1 amide bonds. The molecule has 1 aromatic heterocycles. The highest BCUT2D eigenvalue weighted by Gasteiger charge is 2.18. The largest absolute Gasteiger partial charge is 0.497 e. The van der Waals surface area contributed by atoms with E-state index < -0.39 is 0 Å². The van der Waals surface area contributed by atoms with Crippen LogP contribution in [0, 0.1) is 6.92 Å². The lowest BCUT2D eigenvalue weighted by Gasteiger charge is -2.29. The van der Waals surface area contributed by atoms with Gasteiger partial charge >= 0.3 is 0 Å². The number of ether oxygens (including phenoxy) is 1. The molecule has 0 radical (unpaired) electrons. The van der Waals surface area contributed by atoms with Crippen molar-refractivity contribution >= 4 is 11.7 Å². The number of hydrogen-bond donors (Lipinski definition) is 1. The molecule has 6 nitrogen and oxygen atoms in total. The van der Waals surface area contributed by atoms with Crippen molar-refractivity contribution in [2.75, 3.05) is 18.6 Å². The second-order valence-corrected chi connectivity index (χ2v) is 7.37. The highest BCUT2D eigenvalue weighted by Crippen LogP contribution is 2.23. The molecule has 0 bridgehead atoms. The fraction of sp³-hybridized carbons (Fsp3) is 0.304. The lowest BCUT2D eigenvalue weighted by Crippen LogP contribution is -2.31. The summed E-state index contributed by atoms with van der Waals surface area (Å²) in [6.45, 7) is 5.34. The first-order valence-corrected chi connectivity index (χ1v) is 9.92. The zero-order valence-electron chi connectivity index (χ0n) is 16.9. The molecule has 6 heteroatoms. The maximum Gasteiger partial charge on any atom is 0.251 e. The first kappa shape index (κ1) is 19.1. The van der Waals surface area contributed by atoms with E-state index in [1.807, 2.05) is 55.5 Å². The molecule has 0 atom stereocenters. The molecule has 0 saturated carbocycles. The van der Waals surface area contributed by atoms with Gasteiger partial charge in [0.15, 0.2) is 0 Å². The quantitative estimate of drug-likeness (QED) is 0.699. The fourth-order valence-electron chi connectivity index (χ4n) is 3.65. The van der Waals surface area contributed by atoms with Crippen molar-refractivity contribution in [3.05, 3.63) is 77.0 Å². The van der Waals surface area contributed by atoms with Crippen LogP contribution in [-0.4, -0.2) is 29.3 Å². The number of carbonyl (C=O) groups excluding carboxylic acids is 1. The van der Waals surface area contributed by atoms with Crippen molar-refractivity contribution in [2.45, 2.75) is 33.0 Å². The molecule has 0 aliphatic carbocycles. The standard InChI is InChI=1S/C23H26N4O2/c1-17-14-22-26(12-3-13-27(22)25-17)16-19-4-8-20(9-5-19)23(28)24-15-18-6-10-21(29-2)11-7-18/h4-11,14H,3,12-13,15-16H2,1-2H3,(H,24,28). The highest BCUT2D eigenvalue weighted by atomic mass is 16.5. The summed E-state index contributed by atoms with van der Waals surface area (Å²) in [6.07, 6.45) is 1.10. The molecule has 0 spiro atoms. The van der Waals surface area contributed by atoms with Crippen LogP contribution in [0.3, 0.4) is 0 Å². The van der Waals surface area contributed by atoms with Crippen LogP contribution in [-0.2, 0) is 19.6 Å². The van der Waals surface area contributed by atoms with Gasteiger partial charge in [0, 0.05) is 37.8 Å². The van der Waals surface area contributed by atoms with Crippen LogP contribution in [0.2, 0.25) is 0 Å². The monoisotopic (exact) mass is 390 g/mol. The van der Waals surface area contributed by atoms with E-state index in [-0.39, 0.29) is 5.91 Å². The molecule has 2 aromatic carbocycles. The van der Waals surface area contributed by atoms with E-state index in [0.29, 0.717) is 12.1 Å². The molecule has 1 N–H and O–H groups in total. The summed E-state index contributed by atoms with van der Waals surface area (Å²) < 4.78 is 7.24. The number of nitrogens with one attached hydrogen (secondary N) is 1. The minimum Gasteiger partial charge on any atom is -0.497 e. The first-order chi connectivity index (χ1) is 14.1. The smallest absolute Gasteiger partial charge is 0.251 e. The van der Waals surface area contributed by atoms with E-state index >= 15 is 0 Å². The van der Waals surface area contributed by atoms with Gasteiger partial charge in [-0.2, -0.15) is 5.10 Å². The normalized spacial score (nSPS) is 13.1. The number of fused-ring (bicyclic) bond motifs is 1. The van der Waals surface area contributed by atoms with Crippen LogP contribution in [0.1, 0.15) is 33.6 Å². The van der Waals surface area contributed by atoms with Gasteiger partial charge in [-0.3, -0.25) is 4.79 Å². The van der Waals surface area contributed by atoms with Crippen LogP contribution in [0.15, 0.2) is 54.6 Å². The molecule has 1 aliphatic rings. The van der Waals surface area contributed by atoms with Gasteiger partial charge < -0.3 is 15.0 Å². The molecule has 0 unspecified atom stereocenters. The first-order valence-electron chi connectivity index (χ1n) is 9.92. The molecular formula is C23H26N4O2. The van der Waals surface area contributed by atoms with Crippen LogP contribution in [0.4, 0.5) is 5.82 Å². The maximum atomic E-state index is 12.5. The Kier molecular flexibility index (Phi) is 5.51. The number of nitrogens with zero attached hydrogens (tertiary/aromatic N) is 3. The summed E-state index contributed by atoms with van der Waals surface area (Å²) in [5, 5.41) is 7.52. The Hall–Kier alpha value is -3.28. The van der Waals surface area contributed by atoms with Crippen LogP contribution < -0.4 is 15.0 Å². The highest BCUT2D eigenvalue weighted by molar-refractivity contribution is 5.94. The van der Waals surface area contributed by atoms with E-state index in [1.165, 1.54) is 11.4 Å². The van der Waals surface area contributed by atoms with Crippen molar-refractivity contribution < 1.29 is 9.53 Å². The zero-order chi connectivity index (χ0) is 20.2. The van der Waals surface area contributed by atoms with Crippen LogP contribution >= 0.6 is 0 Å². The lowest BCUT2D eigenvalue weighted by molar-refractivity contribution is 0.0951. The van der Waals surface area contributed by atoms with Crippen LogP contribution in [0.25, 0.3) is 0 Å². The van der Waals surface area contributed by atoms with Crippen LogP contribution in [0.5, 0.6) is 5.75 Å². The molecule has 0 fully saturated rings. The van der Waals surface area contributed by atoms with E-state index in [1.54, 1.807) is 7.11 Å². The Morgan fingerprint density at radius 1 is 1.07 bits per heavy atom. The Balaban J connectivity index is 1.35. The lowest BCUT2D eigenvalue weighted by atomic mass is 10.1. The Morgan fingerprint density at radius 2 is 1.79 bits per heavy atom. The Labute approximate surface area is 171 Å². The average Bonchev–Trinajstić information content (AvgIpc) is 3.14. The van der Waals surface area contributed by atoms with Gasteiger partial charge in [0.2, 0.25) is 0 Å². The summed E-state index contributed by atoms with van der Waals surface area (Å²) in [5.74, 6) is 1.91. The fourth-order valence-corrected chi connectivity index (χ4v) is 3.65. The summed E-state index contributed by atoms with van der Waals surface area (Å²) in [4.78, 5) is 14.8. The van der Waals surface area contributed by atoms with Crippen molar-refractivity contribution in [1.29, 1.82) is 0 Å². The minimum atomic E-state index is -0.0703. The zero-order valence-corrected chi connectivity index (χ0v) is 16.9. The summed E-state index contributed by atoms with van der Waals surface area (Å²) in [6, 6.07) is 17.7. The molecule has 1 aliphatic heterocycles. The third kappa shape index (κ3) is 4.42. The second-order valence-electron chi connectivity index (χ2n) is 7.37. The third-order valence-corrected chi connectivity index (χ3v) is 5.20. The van der Waals surface area contributed by atoms with Gasteiger partial charge in [-0.05, 0) is 48.7 Å². The topological polar surface area (TPSA) is 59.4 Å². The number of benzene rings is 2. The number of amides is 1. The number of hydrogen-bond acceptors (Lipinski definition) is 4. The number of aromatic nitrogens is 2. The molecule has 29 heavy (non-hydrogen) atoms. The van der Waals surface area contributed by atoms with Gasteiger partial charge in [-0.1, -0.05) is 24.3 Å². The van der Waals surface area contributed by atoms with Crippen molar-refractivity contribution in [1.82, 2.24) is 15.1 Å². The Bertz CT molecular complexity index is 977. The number of methoxy groups -OCH3 is 1. The molecule has 4 rings (SSSR count). The second kappa shape index (κ2) is 8.39. The van der Waals surface area contributed by atoms with E-state index in [4.69, 9.17) is 4.74 Å². The van der Waals surface area contributed by atoms with Crippen molar-refractivity contribution in [3.63, 3.8) is 0 Å². The molecule has 3 aromatic rings. The van der Waals surface area contributed by atoms with Gasteiger partial charge in [-0.15, -0.1) is 0 Å². The van der Waals surface area contributed by atoms with E-state index in [2.05, 4.69) is 26.1 Å². The average molecular weight is 390 g/mol. The SMILES string of the molecule is COc1ccc(CNC(=O)c2ccc(CN3CCCn4nc(C)cc43)cc2)cc1. The molecule has 150 valence electrons. The van der Waals surface area contributed by atoms with Gasteiger partial charge in [-0.25, -0.2) is 4.68 Å². The Morgan fingerprint density at radius 3 is 2.52 bits per heavy atom. The summed E-state index contributed by atoms with van der Waals surface area (Å²) in [5.41, 5.74) is 3.94. The third-order valence-electron chi connectivity index (χ3n) is 5.20. The molecule has 2 heterocycles. The predicted molar refractivity (Wildman–Crippen MR) is 113 cm³/mol. The maximum absolute atomic E-state index is 12.5. The summed E-state index contributed by atoms with van der Waals surface area (Å²) in [7, 11) is 1.64. The van der Waals surface area contributed by atoms with Gasteiger partial charge in [0.05, 0.1) is 12.8 Å². The minimum absolute atomic E-state index is 0.0703. The van der Waals surface area contributed by atoms with Gasteiger partial charge in [0.1, 0.15) is 11.6 Å².